The lowest BCUT2D eigenvalue weighted by atomic mass is 10.1. The molecule has 0 rings (SSSR count). The van der Waals surface area contributed by atoms with Crippen LogP contribution in [0.2, 0.25) is 0 Å². The van der Waals surface area contributed by atoms with E-state index in [2.05, 4.69) is 38.2 Å². The summed E-state index contributed by atoms with van der Waals surface area (Å²) < 4.78 is 33.8. The first kappa shape index (κ1) is 50.5. The lowest BCUT2D eigenvalue weighted by molar-refractivity contribution is -0.870. The van der Waals surface area contributed by atoms with Crippen LogP contribution in [-0.2, 0) is 32.7 Å². The monoisotopic (exact) mass is 758 g/mol. The molecule has 0 saturated heterocycles. The zero-order valence-corrected chi connectivity index (χ0v) is 35.2. The SMILES string of the molecule is CCCCC/C=C\C/C=C\CCCCCCCCCCCC(=O)OC(COC(=O)CCCCCCCCCCC)COP(=O)([O-])OCC[N+](C)(C)C. The number of likely N-dealkylation sites (N-methyl/N-ethyl adjacent to an activating group) is 1. The van der Waals surface area contributed by atoms with Crippen molar-refractivity contribution in [3.8, 4) is 0 Å². The first-order valence-corrected chi connectivity index (χ1v) is 22.5. The number of allylic oxidation sites excluding steroid dienone is 4. The summed E-state index contributed by atoms with van der Waals surface area (Å²) >= 11 is 0. The number of esters is 2. The number of rotatable bonds is 38. The van der Waals surface area contributed by atoms with E-state index < -0.39 is 26.5 Å². The van der Waals surface area contributed by atoms with Gasteiger partial charge in [-0.3, -0.25) is 14.2 Å². The number of phosphoric acid groups is 1. The van der Waals surface area contributed by atoms with Crippen LogP contribution < -0.4 is 4.89 Å². The number of unbranched alkanes of at least 4 members (excludes halogenated alkanes) is 20. The molecule has 0 aromatic carbocycles. The predicted molar refractivity (Wildman–Crippen MR) is 213 cm³/mol. The van der Waals surface area contributed by atoms with Gasteiger partial charge < -0.3 is 27.9 Å². The fourth-order valence-corrected chi connectivity index (χ4v) is 6.35. The van der Waals surface area contributed by atoms with Gasteiger partial charge in [-0.05, 0) is 44.9 Å². The van der Waals surface area contributed by atoms with Crippen LogP contribution >= 0.6 is 7.82 Å². The Labute approximate surface area is 319 Å². The summed E-state index contributed by atoms with van der Waals surface area (Å²) in [7, 11) is 1.16. The summed E-state index contributed by atoms with van der Waals surface area (Å²) in [6.45, 7) is 4.17. The van der Waals surface area contributed by atoms with Crippen molar-refractivity contribution in [1.29, 1.82) is 0 Å². The third-order valence-corrected chi connectivity index (χ3v) is 9.94. The molecule has 52 heavy (non-hydrogen) atoms. The predicted octanol–water partition coefficient (Wildman–Crippen LogP) is 10.9. The van der Waals surface area contributed by atoms with E-state index in [1.54, 1.807) is 0 Å². The van der Waals surface area contributed by atoms with E-state index in [4.69, 9.17) is 18.5 Å². The van der Waals surface area contributed by atoms with Crippen LogP contribution in [0, 0.1) is 0 Å². The molecule has 0 aromatic heterocycles. The molecule has 0 spiro atoms. The molecule has 0 heterocycles. The van der Waals surface area contributed by atoms with Gasteiger partial charge in [-0.1, -0.05) is 147 Å². The number of carbonyl (C=O) groups is 2. The standard InChI is InChI=1S/C42H80NO8P/c1-6-8-10-12-14-16-17-18-19-20-21-22-23-24-25-27-29-31-33-35-42(45)51-40(39-50-52(46,47)49-37-36-43(3,4)5)38-48-41(44)34-32-30-28-26-15-13-11-9-7-2/h14,16,18-19,40H,6-13,15,17,20-39H2,1-5H3/b16-14-,19-18-. The number of ether oxygens (including phenoxy) is 2. The molecular weight excluding hydrogens is 677 g/mol. The lowest BCUT2D eigenvalue weighted by Gasteiger charge is -2.28. The third kappa shape index (κ3) is 38.2. The van der Waals surface area contributed by atoms with Crippen molar-refractivity contribution in [2.45, 2.75) is 187 Å². The van der Waals surface area contributed by atoms with E-state index in [-0.39, 0.29) is 32.0 Å². The average molecular weight is 758 g/mol. The molecule has 0 aromatic rings. The zero-order valence-electron chi connectivity index (χ0n) is 34.3. The second-order valence-corrected chi connectivity index (χ2v) is 16.8. The minimum Gasteiger partial charge on any atom is -0.756 e. The molecule has 0 bridgehead atoms. The summed E-state index contributed by atoms with van der Waals surface area (Å²) in [6.07, 6.45) is 36.3. The number of phosphoric ester groups is 1. The number of quaternary nitrogens is 1. The van der Waals surface area contributed by atoms with Crippen LogP contribution in [0.4, 0.5) is 0 Å². The lowest BCUT2D eigenvalue weighted by Crippen LogP contribution is -2.37. The van der Waals surface area contributed by atoms with Gasteiger partial charge in [0.05, 0.1) is 27.7 Å². The highest BCUT2D eigenvalue weighted by Crippen LogP contribution is 2.38. The van der Waals surface area contributed by atoms with Crippen LogP contribution in [0.5, 0.6) is 0 Å². The highest BCUT2D eigenvalue weighted by atomic mass is 31.2. The Hall–Kier alpha value is -1.51. The molecule has 0 aliphatic carbocycles. The second kappa shape index (κ2) is 35.2. The summed E-state index contributed by atoms with van der Waals surface area (Å²) in [4.78, 5) is 37.4. The zero-order chi connectivity index (χ0) is 38.6. The van der Waals surface area contributed by atoms with Crippen LogP contribution in [-0.4, -0.2) is 70.0 Å². The maximum absolute atomic E-state index is 12.6. The molecule has 0 fully saturated rings. The van der Waals surface area contributed by atoms with Crippen molar-refractivity contribution in [2.75, 3.05) is 47.5 Å². The van der Waals surface area contributed by atoms with Crippen molar-refractivity contribution < 1.29 is 42.1 Å². The summed E-state index contributed by atoms with van der Waals surface area (Å²) in [6, 6.07) is 0. The van der Waals surface area contributed by atoms with Crippen molar-refractivity contribution in [3.05, 3.63) is 24.3 Å². The molecule has 0 aliphatic heterocycles. The number of carbonyl (C=O) groups excluding carboxylic acids is 2. The van der Waals surface area contributed by atoms with E-state index in [9.17, 15) is 19.0 Å². The van der Waals surface area contributed by atoms with E-state index in [1.807, 2.05) is 21.1 Å². The third-order valence-electron chi connectivity index (χ3n) is 8.97. The van der Waals surface area contributed by atoms with Crippen molar-refractivity contribution in [2.24, 2.45) is 0 Å². The molecule has 306 valence electrons. The Balaban J connectivity index is 4.31. The number of hydrogen-bond acceptors (Lipinski definition) is 8. The summed E-state index contributed by atoms with van der Waals surface area (Å²) in [5, 5.41) is 0. The summed E-state index contributed by atoms with van der Waals surface area (Å²) in [5.74, 6) is -0.839. The minimum absolute atomic E-state index is 0.0301. The van der Waals surface area contributed by atoms with Crippen molar-refractivity contribution in [1.82, 2.24) is 0 Å². The van der Waals surface area contributed by atoms with Crippen molar-refractivity contribution in [3.63, 3.8) is 0 Å². The minimum atomic E-state index is -4.62. The van der Waals surface area contributed by atoms with Crippen LogP contribution in [0.25, 0.3) is 0 Å². The molecule has 2 unspecified atom stereocenters. The fraction of sp³-hybridized carbons (Fsp3) is 0.857. The Bertz CT molecular complexity index is 949. The number of nitrogens with zero attached hydrogens (tertiary/aromatic N) is 1. The molecule has 9 nitrogen and oxygen atoms in total. The Kier molecular flexibility index (Phi) is 34.2. The van der Waals surface area contributed by atoms with Crippen molar-refractivity contribution >= 4 is 19.8 Å². The molecule has 0 N–H and O–H groups in total. The molecular formula is C42H80NO8P. The highest BCUT2D eigenvalue weighted by Gasteiger charge is 2.21. The number of hydrogen-bond donors (Lipinski definition) is 0. The van der Waals surface area contributed by atoms with Gasteiger partial charge in [0.1, 0.15) is 19.8 Å². The molecule has 0 saturated carbocycles. The van der Waals surface area contributed by atoms with Gasteiger partial charge in [0.2, 0.25) is 0 Å². The molecule has 0 aliphatic rings. The molecule has 0 radical (unpaired) electrons. The fourth-order valence-electron chi connectivity index (χ4n) is 5.63. The first-order valence-electron chi connectivity index (χ1n) is 21.0. The van der Waals surface area contributed by atoms with E-state index >= 15 is 0 Å². The smallest absolute Gasteiger partial charge is 0.306 e. The first-order chi connectivity index (χ1) is 25.0. The van der Waals surface area contributed by atoms with Gasteiger partial charge >= 0.3 is 11.9 Å². The second-order valence-electron chi connectivity index (χ2n) is 15.4. The van der Waals surface area contributed by atoms with Gasteiger partial charge in [0, 0.05) is 12.8 Å². The summed E-state index contributed by atoms with van der Waals surface area (Å²) in [5.41, 5.74) is 0. The quantitative estimate of drug-likeness (QED) is 0.0201. The Morgan fingerprint density at radius 3 is 1.56 bits per heavy atom. The molecule has 10 heteroatoms. The van der Waals surface area contributed by atoms with E-state index in [1.165, 1.54) is 96.3 Å². The van der Waals surface area contributed by atoms with Crippen LogP contribution in [0.15, 0.2) is 24.3 Å². The maximum Gasteiger partial charge on any atom is 0.306 e. The van der Waals surface area contributed by atoms with Crippen LogP contribution in [0.1, 0.15) is 181 Å². The van der Waals surface area contributed by atoms with E-state index in [0.717, 1.165) is 51.4 Å². The Morgan fingerprint density at radius 2 is 1.04 bits per heavy atom. The van der Waals surface area contributed by atoms with Gasteiger partial charge in [0.15, 0.2) is 6.10 Å². The molecule has 0 amide bonds. The Morgan fingerprint density at radius 1 is 0.596 bits per heavy atom. The van der Waals surface area contributed by atoms with E-state index in [0.29, 0.717) is 17.4 Å². The highest BCUT2D eigenvalue weighted by molar-refractivity contribution is 7.45. The average Bonchev–Trinajstić information content (AvgIpc) is 3.09. The molecule has 2 atom stereocenters. The van der Waals surface area contributed by atoms with Gasteiger partial charge in [-0.15, -0.1) is 0 Å². The largest absolute Gasteiger partial charge is 0.756 e. The van der Waals surface area contributed by atoms with Crippen LogP contribution in [0.3, 0.4) is 0 Å². The van der Waals surface area contributed by atoms with Gasteiger partial charge in [0.25, 0.3) is 7.82 Å². The van der Waals surface area contributed by atoms with Gasteiger partial charge in [-0.2, -0.15) is 0 Å². The van der Waals surface area contributed by atoms with Gasteiger partial charge in [-0.25, -0.2) is 0 Å². The normalized spacial score (nSPS) is 13.9. The topological polar surface area (TPSA) is 111 Å². The maximum atomic E-state index is 12.6.